The molecule has 0 aromatic heterocycles. The summed E-state index contributed by atoms with van der Waals surface area (Å²) >= 11 is 1.63. The number of imide groups is 1. The predicted octanol–water partition coefficient (Wildman–Crippen LogP) is 4.79. The molecule has 0 bridgehead atoms. The highest BCUT2D eigenvalue weighted by Crippen LogP contribution is 2.47. The first-order valence-corrected chi connectivity index (χ1v) is 42.0. The summed E-state index contributed by atoms with van der Waals surface area (Å²) in [6.07, 6.45) is 6.00. The van der Waals surface area contributed by atoms with Crippen molar-refractivity contribution in [1.29, 1.82) is 0 Å². The normalized spacial score (nSPS) is 18.8. The second-order valence-corrected chi connectivity index (χ2v) is 33.9. The SMILES string of the molecule is CCCCC(C)(SC)C1CC(=O)N(CCOCCOCCOCCC(=O)N[C@H](C(=O)N[C@@H](CCCNC(N)=O)C(=O)NC2(c3ccc([SH](=O)=O)c(-c4cccc(C[C@H](NC(=O)[C@H](C)[C@@H](OC)[C@@H]5CCCN5C(=O)C[C@@H](OC)[C@H]([C@@H](C)CC)N(C)C(=O)[C@@H](NC(=O)[C@H](C(C)C)N(C)C)C(C)C)C(N)=O)c4)c3)CC2)C(C)C)C1=O. The van der Waals surface area contributed by atoms with E-state index >= 15 is 0 Å². The van der Waals surface area contributed by atoms with Gasteiger partial charge in [0.25, 0.3) is 0 Å². The molecular formula is C80H130N12O18S2. The average molecular weight is 1610 g/mol. The number of thioether (sulfide) groups is 1. The third kappa shape index (κ3) is 26.9. The number of thiol groups is 1. The molecule has 2 saturated heterocycles. The number of primary amides is 2. The quantitative estimate of drug-likeness (QED) is 0.0244. The van der Waals surface area contributed by atoms with Crippen molar-refractivity contribution in [3.8, 4) is 11.1 Å². The predicted molar refractivity (Wildman–Crippen MR) is 428 cm³/mol. The van der Waals surface area contributed by atoms with E-state index in [1.165, 1.54) is 25.2 Å². The largest absolute Gasteiger partial charge is 0.379 e. The van der Waals surface area contributed by atoms with Crippen molar-refractivity contribution in [3.63, 3.8) is 0 Å². The number of hydrogen-bond acceptors (Lipinski definition) is 20. The van der Waals surface area contributed by atoms with Crippen molar-refractivity contribution >= 4 is 87.6 Å². The summed E-state index contributed by atoms with van der Waals surface area (Å²) in [5.74, 6) is -6.44. The highest BCUT2D eigenvalue weighted by Gasteiger charge is 2.50. The molecule has 1 saturated carbocycles. The molecule has 630 valence electrons. The highest BCUT2D eigenvalue weighted by atomic mass is 32.2. The lowest BCUT2D eigenvalue weighted by Gasteiger charge is -2.41. The number of nitrogens with one attached hydrogen (secondary N) is 6. The Hall–Kier alpha value is -7.33. The number of carbonyl (C=O) groups excluding carboxylic acids is 11. The van der Waals surface area contributed by atoms with E-state index in [-0.39, 0.29) is 160 Å². The molecule has 3 aliphatic rings. The first kappa shape index (κ1) is 95.3. The van der Waals surface area contributed by atoms with Crippen LogP contribution in [0, 0.1) is 35.5 Å². The smallest absolute Gasteiger partial charge is 0.312 e. The maximum atomic E-state index is 14.7. The number of nitrogens with two attached hydrogens (primary N) is 2. The van der Waals surface area contributed by atoms with Gasteiger partial charge in [-0.15, -0.1) is 0 Å². The molecule has 30 nitrogen and oxygen atoms in total. The Balaban J connectivity index is 1.21. The standard InChI is InChI=1S/C80H130N12O18S2/c1-18-20-31-79(11,111-17)57-46-64(94)92(76(57)101)36-38-109-40-42-110-41-39-108-37-30-63(93)86-66(48(3)4)74(99)84-58(26-22-34-83-78(82)103)73(98)88-80(32-33-80)55-28-29-62(112(104)105)56(45-55)54-25-21-24-53(43-54)44-59(71(81)96)85-72(97)52(10)70(107-16)60-27-23-35-91(60)65(95)47-61(106-15)69(51(9)19-2)90(14)77(102)67(49(5)6)87-75(100)68(50(7)8)89(12)13/h21,24-25,28-29,43,45,48-52,57-61,66-70,112H,18-20,22-23,26-27,30-42,44,46-47H2,1-17H3,(H2,81,96)(H,84,99)(H,85,97)(H,86,93)(H,87,100)(H,88,98)(H3,82,83,103)/t51-,52+,57?,58-,59-,60-,61+,66-,67-,68-,69-,70+,79?/m0/s1. The molecule has 2 aliphatic heterocycles. The third-order valence-corrected chi connectivity index (χ3v) is 24.4. The molecule has 5 rings (SSSR count). The van der Waals surface area contributed by atoms with Crippen LogP contribution in [0.3, 0.4) is 0 Å². The van der Waals surface area contributed by atoms with Gasteiger partial charge in [0.2, 0.25) is 59.1 Å². The molecular weight excluding hydrogens is 1480 g/mol. The average Bonchev–Trinajstić information content (AvgIpc) is 1.60. The van der Waals surface area contributed by atoms with Crippen molar-refractivity contribution in [1.82, 2.24) is 51.5 Å². The lowest BCUT2D eigenvalue weighted by Crippen LogP contribution is -2.59. The molecule has 0 spiro atoms. The van der Waals surface area contributed by atoms with E-state index in [1.807, 2.05) is 66.8 Å². The number of benzene rings is 2. The lowest BCUT2D eigenvalue weighted by atomic mass is 9.87. The summed E-state index contributed by atoms with van der Waals surface area (Å²) in [6, 6.07) is 4.71. The molecule has 112 heavy (non-hydrogen) atoms. The third-order valence-electron chi connectivity index (χ3n) is 22.2. The first-order valence-electron chi connectivity index (χ1n) is 39.6. The van der Waals surface area contributed by atoms with Crippen molar-refractivity contribution in [3.05, 3.63) is 53.6 Å². The Morgan fingerprint density at radius 3 is 1.96 bits per heavy atom. The van der Waals surface area contributed by atoms with Crippen molar-refractivity contribution in [2.24, 2.45) is 47.0 Å². The minimum Gasteiger partial charge on any atom is -0.379 e. The van der Waals surface area contributed by atoms with Gasteiger partial charge in [0.15, 0.2) is 10.7 Å². The number of amides is 12. The number of likely N-dealkylation sites (N-methyl/N-ethyl adjacent to an activating group) is 2. The van der Waals surface area contributed by atoms with Gasteiger partial charge in [-0.1, -0.05) is 119 Å². The Labute approximate surface area is 668 Å². The second kappa shape index (κ2) is 45.7. The summed E-state index contributed by atoms with van der Waals surface area (Å²) in [7, 11) is 5.09. The maximum Gasteiger partial charge on any atom is 0.312 e. The van der Waals surface area contributed by atoms with Gasteiger partial charge in [-0.25, -0.2) is 13.2 Å². The maximum absolute atomic E-state index is 14.7. The topological polar surface area (TPSA) is 405 Å². The van der Waals surface area contributed by atoms with Crippen LogP contribution in [-0.4, -0.2) is 253 Å². The van der Waals surface area contributed by atoms with E-state index in [9.17, 15) is 61.2 Å². The molecule has 2 aromatic carbocycles. The molecule has 2 heterocycles. The Morgan fingerprint density at radius 2 is 1.39 bits per heavy atom. The molecule has 32 heteroatoms. The molecule has 3 fully saturated rings. The van der Waals surface area contributed by atoms with E-state index < -0.39 is 118 Å². The number of carbonyl (C=O) groups is 11. The van der Waals surface area contributed by atoms with Crippen molar-refractivity contribution in [2.75, 3.05) is 101 Å². The monoisotopic (exact) mass is 1610 g/mol. The van der Waals surface area contributed by atoms with Crippen molar-refractivity contribution < 1.29 is 84.8 Å². The fourth-order valence-corrected chi connectivity index (χ4v) is 16.6. The van der Waals surface area contributed by atoms with Crippen LogP contribution in [0.15, 0.2) is 47.4 Å². The van der Waals surface area contributed by atoms with Gasteiger partial charge in [0.1, 0.15) is 24.2 Å². The van der Waals surface area contributed by atoms with E-state index in [0.717, 1.165) is 19.3 Å². The minimum absolute atomic E-state index is 0.0110. The Morgan fingerprint density at radius 1 is 0.750 bits per heavy atom. The molecule has 13 atom stereocenters. The summed E-state index contributed by atoms with van der Waals surface area (Å²) in [6.45, 7) is 22.5. The lowest BCUT2D eigenvalue weighted by molar-refractivity contribution is -0.148. The number of nitrogens with zero attached hydrogens (tertiary/aromatic N) is 4. The molecule has 1 aliphatic carbocycles. The zero-order chi connectivity index (χ0) is 83.5. The molecule has 2 aromatic rings. The number of likely N-dealkylation sites (tertiary alicyclic amines) is 2. The van der Waals surface area contributed by atoms with Gasteiger partial charge in [-0.3, -0.25) is 57.7 Å². The summed E-state index contributed by atoms with van der Waals surface area (Å²) in [4.78, 5) is 157. The fraction of sp³-hybridized carbons (Fsp3) is 0.713. The van der Waals surface area contributed by atoms with E-state index in [0.29, 0.717) is 55.3 Å². The fourth-order valence-electron chi connectivity index (χ4n) is 15.2. The van der Waals surface area contributed by atoms with E-state index in [1.54, 1.807) is 85.8 Å². The molecule has 2 unspecified atom stereocenters. The number of methoxy groups -OCH3 is 2. The zero-order valence-corrected chi connectivity index (χ0v) is 70.8. The summed E-state index contributed by atoms with van der Waals surface area (Å²) < 4.78 is 54.8. The van der Waals surface area contributed by atoms with E-state index in [4.69, 9.17) is 35.2 Å². The van der Waals surface area contributed by atoms with Crippen LogP contribution in [0.1, 0.15) is 171 Å². The van der Waals surface area contributed by atoms with Crippen LogP contribution in [0.5, 0.6) is 0 Å². The summed E-state index contributed by atoms with van der Waals surface area (Å²) in [5.41, 5.74) is 12.1. The number of ether oxygens (including phenoxy) is 5. The van der Waals surface area contributed by atoms with Crippen LogP contribution in [0.25, 0.3) is 11.1 Å². The zero-order valence-electron chi connectivity index (χ0n) is 69.1. The van der Waals surface area contributed by atoms with Gasteiger partial charge in [0.05, 0.1) is 105 Å². The summed E-state index contributed by atoms with van der Waals surface area (Å²) in [5, 5.41) is 17.0. The molecule has 12 amide bonds. The van der Waals surface area contributed by atoms with Gasteiger partial charge in [-0.2, -0.15) is 11.8 Å². The van der Waals surface area contributed by atoms with Gasteiger partial charge >= 0.3 is 6.03 Å². The van der Waals surface area contributed by atoms with Gasteiger partial charge < -0.3 is 76.9 Å². The Bertz CT molecular complexity index is 3560. The number of rotatable bonds is 51. The second-order valence-electron chi connectivity index (χ2n) is 31.5. The van der Waals surface area contributed by atoms with Crippen LogP contribution in [-0.2, 0) is 94.3 Å². The van der Waals surface area contributed by atoms with Gasteiger partial charge in [0, 0.05) is 63.9 Å². The van der Waals surface area contributed by atoms with Crippen molar-refractivity contribution in [2.45, 2.75) is 236 Å². The minimum atomic E-state index is -3.19. The first-order chi connectivity index (χ1) is 53.0. The van der Waals surface area contributed by atoms with Crippen LogP contribution in [0.2, 0.25) is 0 Å². The van der Waals surface area contributed by atoms with Gasteiger partial charge in [-0.05, 0) is 125 Å². The number of hydrogen-bond donors (Lipinski definition) is 9. The number of urea groups is 1. The molecule has 10 N–H and O–H groups in total. The van der Waals surface area contributed by atoms with Crippen LogP contribution in [0.4, 0.5) is 4.79 Å². The number of unbranched alkanes of at least 4 members (excludes halogenated alkanes) is 1. The van der Waals surface area contributed by atoms with E-state index in [2.05, 4.69) is 45.7 Å². The van der Waals surface area contributed by atoms with Crippen LogP contribution < -0.4 is 43.4 Å². The molecule has 0 radical (unpaired) electrons. The highest BCUT2D eigenvalue weighted by molar-refractivity contribution is 8.00. The van der Waals surface area contributed by atoms with Crippen LogP contribution >= 0.6 is 11.8 Å². The Kier molecular flexibility index (Phi) is 38.9.